The zero-order valence-corrected chi connectivity index (χ0v) is 24.1. The Balaban J connectivity index is 5.25. The van der Waals surface area contributed by atoms with Crippen molar-refractivity contribution >= 4 is 17.9 Å². The molecule has 0 aliphatic carbocycles. The molecular weight excluding hydrogens is 470 g/mol. The van der Waals surface area contributed by atoms with Gasteiger partial charge in [-0.05, 0) is 38.2 Å². The van der Waals surface area contributed by atoms with E-state index >= 15 is 0 Å². The fraction of sp³-hybridized carbons (Fsp3) is 0.833. The number of unbranched alkanes of at least 4 members (excludes halogenated alkanes) is 10. The van der Waals surface area contributed by atoms with Crippen LogP contribution in [-0.4, -0.2) is 63.9 Å². The summed E-state index contributed by atoms with van der Waals surface area (Å²) in [5.41, 5.74) is 0. The minimum Gasteiger partial charge on any atom is -0.481 e. The minimum absolute atomic E-state index is 0.176. The summed E-state index contributed by atoms with van der Waals surface area (Å²) in [5.74, 6) is -4.67. The molecule has 0 saturated heterocycles. The van der Waals surface area contributed by atoms with Crippen molar-refractivity contribution in [2.75, 3.05) is 26.2 Å². The largest absolute Gasteiger partial charge is 0.481 e. The fourth-order valence-electron chi connectivity index (χ4n) is 5.16. The predicted octanol–water partition coefficient (Wildman–Crippen LogP) is 7.00. The van der Waals surface area contributed by atoms with Gasteiger partial charge < -0.3 is 19.8 Å². The molecule has 216 valence electrons. The number of nitrogens with zero attached hydrogens (tertiary/aromatic N) is 1. The molecule has 0 aromatic carbocycles. The van der Waals surface area contributed by atoms with Gasteiger partial charge in [0.15, 0.2) is 0 Å². The van der Waals surface area contributed by atoms with Crippen molar-refractivity contribution < 1.29 is 34.2 Å². The number of allylic oxidation sites excluding steroid dienone is 1. The molecule has 3 unspecified atom stereocenters. The van der Waals surface area contributed by atoms with E-state index in [2.05, 4.69) is 13.0 Å². The molecule has 0 bridgehead atoms. The van der Waals surface area contributed by atoms with Gasteiger partial charge in [-0.3, -0.25) is 14.4 Å². The number of aliphatic carboxylic acids is 3. The van der Waals surface area contributed by atoms with Crippen molar-refractivity contribution in [3.05, 3.63) is 12.2 Å². The Kier molecular flexibility index (Phi) is 20.0. The smallest absolute Gasteiger partial charge is 0.312 e. The van der Waals surface area contributed by atoms with Crippen LogP contribution in [-0.2, 0) is 14.4 Å². The first-order valence-electron chi connectivity index (χ1n) is 14.8. The molecule has 7 heteroatoms. The van der Waals surface area contributed by atoms with E-state index in [1.165, 1.54) is 57.8 Å². The van der Waals surface area contributed by atoms with Gasteiger partial charge >= 0.3 is 17.9 Å². The first kappa shape index (κ1) is 35.1. The second kappa shape index (κ2) is 21.1. The second-order valence-corrected chi connectivity index (χ2v) is 10.8. The SMILES string of the molecule is CCCCCCCCCCCC/C=C/C[N+](CC(CC)C(=O)O)(CC(CC)C(=O)O)CC(CC)C(=O)O. The summed E-state index contributed by atoms with van der Waals surface area (Å²) < 4.78 is 0.176. The standard InChI is InChI=1S/C30H55NO6/c1-5-9-10-11-12-13-14-15-16-17-18-19-20-21-31(22-25(6-2)28(32)33,23-26(7-3)29(34)35)24-27(8-4)30(36)37/h19-20,25-27H,5-18,21-24H2,1-4H3,(H2-,32,33,34,35,36,37)/p+1/b20-19+. The monoisotopic (exact) mass is 526 g/mol. The van der Waals surface area contributed by atoms with Crippen LogP contribution in [0.3, 0.4) is 0 Å². The third kappa shape index (κ3) is 15.8. The zero-order chi connectivity index (χ0) is 28.1. The van der Waals surface area contributed by atoms with Crippen LogP contribution in [0.25, 0.3) is 0 Å². The molecule has 0 heterocycles. The van der Waals surface area contributed by atoms with Gasteiger partial charge in [-0.15, -0.1) is 0 Å². The first-order valence-corrected chi connectivity index (χ1v) is 14.8. The number of carbonyl (C=O) groups is 3. The van der Waals surface area contributed by atoms with Crippen LogP contribution in [0.1, 0.15) is 118 Å². The highest BCUT2D eigenvalue weighted by Crippen LogP contribution is 2.24. The maximum Gasteiger partial charge on any atom is 0.312 e. The van der Waals surface area contributed by atoms with Crippen molar-refractivity contribution in [1.82, 2.24) is 0 Å². The van der Waals surface area contributed by atoms with Crippen LogP contribution < -0.4 is 0 Å². The third-order valence-corrected chi connectivity index (χ3v) is 7.73. The number of quaternary nitrogens is 1. The number of rotatable bonds is 25. The maximum atomic E-state index is 11.9. The van der Waals surface area contributed by atoms with Gasteiger partial charge in [0.1, 0.15) is 17.8 Å². The van der Waals surface area contributed by atoms with E-state index < -0.39 is 35.7 Å². The van der Waals surface area contributed by atoms with E-state index in [1.54, 1.807) is 0 Å². The maximum absolute atomic E-state index is 11.9. The fourth-order valence-corrected chi connectivity index (χ4v) is 5.16. The van der Waals surface area contributed by atoms with Crippen LogP contribution in [0.15, 0.2) is 12.2 Å². The van der Waals surface area contributed by atoms with E-state index in [1.807, 2.05) is 26.8 Å². The average molecular weight is 527 g/mol. The lowest BCUT2D eigenvalue weighted by Crippen LogP contribution is -2.58. The third-order valence-electron chi connectivity index (χ3n) is 7.73. The molecule has 37 heavy (non-hydrogen) atoms. The van der Waals surface area contributed by atoms with E-state index in [4.69, 9.17) is 0 Å². The van der Waals surface area contributed by atoms with Crippen molar-refractivity contribution in [3.8, 4) is 0 Å². The molecule has 0 aliphatic heterocycles. The van der Waals surface area contributed by atoms with Crippen LogP contribution in [0, 0.1) is 17.8 Å². The van der Waals surface area contributed by atoms with E-state index in [9.17, 15) is 29.7 Å². The highest BCUT2D eigenvalue weighted by Gasteiger charge is 2.39. The molecule has 7 nitrogen and oxygen atoms in total. The first-order chi connectivity index (χ1) is 17.7. The Hall–Kier alpha value is -1.89. The highest BCUT2D eigenvalue weighted by molar-refractivity contribution is 5.71. The molecule has 0 fully saturated rings. The predicted molar refractivity (Wildman–Crippen MR) is 150 cm³/mol. The van der Waals surface area contributed by atoms with Gasteiger partial charge in [0, 0.05) is 0 Å². The van der Waals surface area contributed by atoms with Crippen molar-refractivity contribution in [2.45, 2.75) is 118 Å². The molecule has 0 aromatic rings. The molecular formula is C30H56NO6+. The van der Waals surface area contributed by atoms with Crippen molar-refractivity contribution in [3.63, 3.8) is 0 Å². The Bertz CT molecular complexity index is 603. The molecule has 0 amide bonds. The Labute approximate surface area is 225 Å². The summed E-state index contributed by atoms with van der Waals surface area (Å²) in [4.78, 5) is 35.7. The van der Waals surface area contributed by atoms with E-state index in [-0.39, 0.29) is 24.1 Å². The molecule has 0 saturated carbocycles. The van der Waals surface area contributed by atoms with Gasteiger partial charge in [0.05, 0.1) is 26.2 Å². The average Bonchev–Trinajstić information content (AvgIpc) is 2.86. The van der Waals surface area contributed by atoms with Crippen molar-refractivity contribution in [1.29, 1.82) is 0 Å². The van der Waals surface area contributed by atoms with Crippen LogP contribution in [0.5, 0.6) is 0 Å². The Morgan fingerprint density at radius 2 is 0.919 bits per heavy atom. The van der Waals surface area contributed by atoms with Crippen molar-refractivity contribution in [2.24, 2.45) is 17.8 Å². The number of hydrogen-bond donors (Lipinski definition) is 3. The zero-order valence-electron chi connectivity index (χ0n) is 24.1. The molecule has 0 radical (unpaired) electrons. The quantitative estimate of drug-likeness (QED) is 0.0670. The summed E-state index contributed by atoms with van der Waals surface area (Å²) in [6.45, 7) is 8.86. The Morgan fingerprint density at radius 3 is 1.24 bits per heavy atom. The molecule has 0 aliphatic rings. The number of carboxylic acid groups (broad SMARTS) is 3. The topological polar surface area (TPSA) is 112 Å². The van der Waals surface area contributed by atoms with Gasteiger partial charge in [-0.1, -0.05) is 91.6 Å². The summed E-state index contributed by atoms with van der Waals surface area (Å²) in [5, 5.41) is 29.3. The van der Waals surface area contributed by atoms with Gasteiger partial charge in [0.2, 0.25) is 0 Å². The van der Waals surface area contributed by atoms with Gasteiger partial charge in [-0.2, -0.15) is 0 Å². The lowest BCUT2D eigenvalue weighted by molar-refractivity contribution is -0.929. The summed E-state index contributed by atoms with van der Waals surface area (Å²) in [6.07, 6.45) is 19.1. The van der Waals surface area contributed by atoms with E-state index in [0.29, 0.717) is 25.8 Å². The number of carboxylic acids is 3. The summed E-state index contributed by atoms with van der Waals surface area (Å²) in [7, 11) is 0. The van der Waals surface area contributed by atoms with Gasteiger partial charge in [0.25, 0.3) is 0 Å². The molecule has 3 atom stereocenters. The van der Waals surface area contributed by atoms with Crippen LogP contribution >= 0.6 is 0 Å². The molecule has 0 rings (SSSR count). The van der Waals surface area contributed by atoms with E-state index in [0.717, 1.165) is 12.8 Å². The lowest BCUT2D eigenvalue weighted by Gasteiger charge is -2.42. The Morgan fingerprint density at radius 1 is 0.568 bits per heavy atom. The molecule has 0 spiro atoms. The molecule has 0 aromatic heterocycles. The van der Waals surface area contributed by atoms with Gasteiger partial charge in [-0.25, -0.2) is 0 Å². The highest BCUT2D eigenvalue weighted by atomic mass is 16.4. The number of hydrogen-bond acceptors (Lipinski definition) is 3. The second-order valence-electron chi connectivity index (χ2n) is 10.8. The lowest BCUT2D eigenvalue weighted by atomic mass is 9.96. The summed E-state index contributed by atoms with van der Waals surface area (Å²) in [6, 6.07) is 0. The normalized spacial score (nSPS) is 15.8. The van der Waals surface area contributed by atoms with Crippen LogP contribution in [0.2, 0.25) is 0 Å². The molecule has 3 N–H and O–H groups in total. The summed E-state index contributed by atoms with van der Waals surface area (Å²) >= 11 is 0. The van der Waals surface area contributed by atoms with Crippen LogP contribution in [0.4, 0.5) is 0 Å². The minimum atomic E-state index is -0.911.